The lowest BCUT2D eigenvalue weighted by Crippen LogP contribution is -2.61. The molecule has 4 aliphatic carbocycles. The third-order valence-electron chi connectivity index (χ3n) is 11.5. The standard InChI is InChI=1S/C31H58O4Si2/c1-21(11-16-28(32)33-4)23-14-15-24-22-12-13-26-29(35-37(8,9)10)27(34-36(5,6)7)18-20-31(26,3)25(22)17-19-30(23,24)2/h21-27,29H,11-20H2,1-10H3/t21?,22?,23-,24?,25?,26-,27+,29-,30-,31-/m1/s1. The van der Waals surface area contributed by atoms with Crippen molar-refractivity contribution in [1.29, 1.82) is 0 Å². The van der Waals surface area contributed by atoms with E-state index in [1.54, 1.807) is 0 Å². The van der Waals surface area contributed by atoms with Gasteiger partial charge in [-0.05, 0) is 143 Å². The molecule has 0 aromatic rings. The predicted octanol–water partition coefficient (Wildman–Crippen LogP) is 8.28. The lowest BCUT2D eigenvalue weighted by molar-refractivity contribution is -0.167. The summed E-state index contributed by atoms with van der Waals surface area (Å²) >= 11 is 0. The molecule has 0 radical (unpaired) electrons. The molecule has 4 saturated carbocycles. The van der Waals surface area contributed by atoms with Crippen LogP contribution >= 0.6 is 0 Å². The zero-order valence-corrected chi connectivity index (χ0v) is 27.8. The Balaban J connectivity index is 1.53. The van der Waals surface area contributed by atoms with Crippen LogP contribution in [0.15, 0.2) is 0 Å². The summed E-state index contributed by atoms with van der Waals surface area (Å²) in [5.74, 6) is 4.47. The van der Waals surface area contributed by atoms with Crippen molar-refractivity contribution in [1.82, 2.24) is 0 Å². The largest absolute Gasteiger partial charge is 0.469 e. The van der Waals surface area contributed by atoms with Gasteiger partial charge in [0.15, 0.2) is 16.6 Å². The van der Waals surface area contributed by atoms with E-state index in [2.05, 4.69) is 60.1 Å². The minimum absolute atomic E-state index is 0.0506. The molecule has 0 aromatic carbocycles. The van der Waals surface area contributed by atoms with Gasteiger partial charge in [0, 0.05) is 6.42 Å². The van der Waals surface area contributed by atoms with Gasteiger partial charge in [-0.25, -0.2) is 0 Å². The summed E-state index contributed by atoms with van der Waals surface area (Å²) in [6.45, 7) is 21.8. The number of hydrogen-bond acceptors (Lipinski definition) is 4. The highest BCUT2D eigenvalue weighted by molar-refractivity contribution is 6.70. The normalized spacial score (nSPS) is 42.9. The van der Waals surface area contributed by atoms with Gasteiger partial charge in [0.2, 0.25) is 0 Å². The van der Waals surface area contributed by atoms with Crippen LogP contribution in [0.5, 0.6) is 0 Å². The Bertz CT molecular complexity index is 819. The van der Waals surface area contributed by atoms with Crippen LogP contribution < -0.4 is 0 Å². The zero-order chi connectivity index (χ0) is 27.4. The number of rotatable bonds is 8. The number of esters is 1. The average Bonchev–Trinajstić information content (AvgIpc) is 3.14. The maximum atomic E-state index is 11.8. The van der Waals surface area contributed by atoms with Crippen LogP contribution in [0, 0.1) is 46.3 Å². The molecule has 0 heterocycles. The summed E-state index contributed by atoms with van der Waals surface area (Å²) in [4.78, 5) is 11.8. The first-order chi connectivity index (χ1) is 17.1. The second kappa shape index (κ2) is 10.7. The van der Waals surface area contributed by atoms with Crippen molar-refractivity contribution >= 4 is 22.6 Å². The summed E-state index contributed by atoms with van der Waals surface area (Å²) in [5, 5.41) is 0. The molecule has 4 rings (SSSR count). The molecule has 0 N–H and O–H groups in total. The van der Waals surface area contributed by atoms with E-state index in [-0.39, 0.29) is 18.2 Å². The summed E-state index contributed by atoms with van der Waals surface area (Å²) in [7, 11) is -1.80. The van der Waals surface area contributed by atoms with E-state index in [4.69, 9.17) is 13.6 Å². The molecule has 37 heavy (non-hydrogen) atoms. The van der Waals surface area contributed by atoms with Crippen molar-refractivity contribution in [3.8, 4) is 0 Å². The Morgan fingerprint density at radius 3 is 2.03 bits per heavy atom. The van der Waals surface area contributed by atoms with Crippen LogP contribution in [0.1, 0.15) is 85.0 Å². The van der Waals surface area contributed by atoms with Crippen LogP contribution in [0.2, 0.25) is 39.3 Å². The molecule has 4 nitrogen and oxygen atoms in total. The third kappa shape index (κ3) is 5.97. The van der Waals surface area contributed by atoms with Gasteiger partial charge in [0.05, 0.1) is 19.3 Å². The fraction of sp³-hybridized carbons (Fsp3) is 0.968. The monoisotopic (exact) mass is 550 g/mol. The van der Waals surface area contributed by atoms with Crippen molar-refractivity contribution in [3.63, 3.8) is 0 Å². The van der Waals surface area contributed by atoms with E-state index in [9.17, 15) is 4.79 Å². The first-order valence-corrected chi connectivity index (χ1v) is 22.3. The number of carbonyl (C=O) groups excluding carboxylic acids is 1. The first kappa shape index (κ1) is 29.8. The minimum atomic E-state index is -1.69. The molecule has 214 valence electrons. The molecule has 0 saturated heterocycles. The maximum Gasteiger partial charge on any atom is 0.305 e. The summed E-state index contributed by atoms with van der Waals surface area (Å²) in [5.41, 5.74) is 0.814. The van der Waals surface area contributed by atoms with Gasteiger partial charge < -0.3 is 13.6 Å². The number of carbonyl (C=O) groups is 1. The molecule has 0 aromatic heterocycles. The first-order valence-electron chi connectivity index (χ1n) is 15.5. The molecule has 0 bridgehead atoms. The number of ether oxygens (including phenoxy) is 1. The summed E-state index contributed by atoms with van der Waals surface area (Å²) < 4.78 is 18.9. The second-order valence-corrected chi connectivity index (χ2v) is 24.8. The van der Waals surface area contributed by atoms with E-state index in [1.807, 2.05) is 0 Å². The third-order valence-corrected chi connectivity index (χ3v) is 13.4. The van der Waals surface area contributed by atoms with Gasteiger partial charge in [-0.15, -0.1) is 0 Å². The Kier molecular flexibility index (Phi) is 8.59. The number of hydrogen-bond donors (Lipinski definition) is 0. The van der Waals surface area contributed by atoms with Crippen molar-refractivity contribution < 1.29 is 18.4 Å². The molecule has 6 heteroatoms. The summed E-state index contributed by atoms with van der Waals surface area (Å²) in [6, 6.07) is 0. The highest BCUT2D eigenvalue weighted by Crippen LogP contribution is 2.68. The van der Waals surface area contributed by atoms with Crippen molar-refractivity contribution in [3.05, 3.63) is 0 Å². The molecule has 0 spiro atoms. The average molecular weight is 551 g/mol. The van der Waals surface area contributed by atoms with Gasteiger partial charge in [-0.1, -0.05) is 20.8 Å². The molecule has 4 fully saturated rings. The van der Waals surface area contributed by atoms with E-state index >= 15 is 0 Å². The highest BCUT2D eigenvalue weighted by Gasteiger charge is 2.62. The topological polar surface area (TPSA) is 44.8 Å². The van der Waals surface area contributed by atoms with E-state index in [0.29, 0.717) is 29.1 Å². The molecule has 10 atom stereocenters. The Morgan fingerprint density at radius 1 is 0.811 bits per heavy atom. The molecular weight excluding hydrogens is 493 g/mol. The lowest BCUT2D eigenvalue weighted by Gasteiger charge is -2.63. The molecule has 4 aliphatic rings. The molecule has 4 unspecified atom stereocenters. The van der Waals surface area contributed by atoms with E-state index < -0.39 is 16.6 Å². The fourth-order valence-electron chi connectivity index (χ4n) is 10.0. The van der Waals surface area contributed by atoms with E-state index in [1.165, 1.54) is 58.5 Å². The SMILES string of the molecule is COC(=O)CCC(C)[C@H]1CCC2C3CC[C@@H]4[C@@H](O[Si](C)(C)C)[C@@H](O[Si](C)(C)C)CC[C@]4(C)C3CC[C@@]21C. The van der Waals surface area contributed by atoms with Crippen molar-refractivity contribution in [2.24, 2.45) is 46.3 Å². The predicted molar refractivity (Wildman–Crippen MR) is 157 cm³/mol. The van der Waals surface area contributed by atoms with Gasteiger partial charge in [0.1, 0.15) is 0 Å². The van der Waals surface area contributed by atoms with Crippen LogP contribution in [0.4, 0.5) is 0 Å². The minimum Gasteiger partial charge on any atom is -0.469 e. The van der Waals surface area contributed by atoms with Crippen molar-refractivity contribution in [2.45, 2.75) is 136 Å². The van der Waals surface area contributed by atoms with Crippen LogP contribution in [-0.4, -0.2) is 41.9 Å². The quantitative estimate of drug-likeness (QED) is 0.225. The highest BCUT2D eigenvalue weighted by atomic mass is 28.4. The summed E-state index contributed by atoms with van der Waals surface area (Å²) in [6.07, 6.45) is 12.8. The maximum absolute atomic E-state index is 11.8. The van der Waals surface area contributed by atoms with Gasteiger partial charge in [-0.3, -0.25) is 4.79 Å². The van der Waals surface area contributed by atoms with Gasteiger partial charge >= 0.3 is 5.97 Å². The van der Waals surface area contributed by atoms with E-state index in [0.717, 1.165) is 30.1 Å². The molecular formula is C31H58O4Si2. The Labute approximate surface area is 230 Å². The number of fused-ring (bicyclic) bond motifs is 5. The van der Waals surface area contributed by atoms with Gasteiger partial charge in [0.25, 0.3) is 0 Å². The van der Waals surface area contributed by atoms with Crippen molar-refractivity contribution in [2.75, 3.05) is 7.11 Å². The Morgan fingerprint density at radius 2 is 1.41 bits per heavy atom. The fourth-order valence-corrected chi connectivity index (χ4v) is 12.3. The van der Waals surface area contributed by atoms with Crippen LogP contribution in [-0.2, 0) is 18.4 Å². The van der Waals surface area contributed by atoms with Crippen LogP contribution in [0.3, 0.4) is 0 Å². The van der Waals surface area contributed by atoms with Crippen LogP contribution in [0.25, 0.3) is 0 Å². The molecule has 0 amide bonds. The number of methoxy groups -OCH3 is 1. The second-order valence-electron chi connectivity index (χ2n) is 15.9. The Hall–Kier alpha value is -0.176. The lowest BCUT2D eigenvalue weighted by atomic mass is 9.44. The zero-order valence-electron chi connectivity index (χ0n) is 25.8. The smallest absolute Gasteiger partial charge is 0.305 e. The molecule has 0 aliphatic heterocycles. The van der Waals surface area contributed by atoms with Gasteiger partial charge in [-0.2, -0.15) is 0 Å².